The molecule has 2 aliphatic heterocycles. The van der Waals surface area contributed by atoms with Gasteiger partial charge in [-0.15, -0.1) is 0 Å². The smallest absolute Gasteiger partial charge is 0.172 e. The Morgan fingerprint density at radius 3 is 2.88 bits per heavy atom. The molecule has 0 aliphatic carbocycles. The Labute approximate surface area is 140 Å². The van der Waals surface area contributed by atoms with E-state index in [1.54, 1.807) is 6.07 Å². The maximum Gasteiger partial charge on any atom is 0.172 e. The average molecular weight is 326 g/mol. The zero-order valence-electron chi connectivity index (χ0n) is 13.4. The van der Waals surface area contributed by atoms with E-state index in [1.807, 2.05) is 18.3 Å². The van der Waals surface area contributed by atoms with E-state index in [-0.39, 0.29) is 11.6 Å². The molecule has 0 radical (unpaired) electrons. The van der Waals surface area contributed by atoms with E-state index < -0.39 is 0 Å². The number of hydrogen-bond donors (Lipinski definition) is 0. The molecule has 1 fully saturated rings. The number of benzene rings is 1. The SMILES string of the molecule is O=C1CC(Cc2cccc(F)c2)=Nc2c1ccn2C1CCOCC1. The van der Waals surface area contributed by atoms with Gasteiger partial charge in [-0.05, 0) is 36.6 Å². The number of fused-ring (bicyclic) bond motifs is 1. The number of aliphatic imine (C=N–C) groups is 1. The molecule has 124 valence electrons. The van der Waals surface area contributed by atoms with E-state index in [2.05, 4.69) is 4.57 Å². The van der Waals surface area contributed by atoms with E-state index >= 15 is 0 Å². The van der Waals surface area contributed by atoms with E-state index in [9.17, 15) is 9.18 Å². The molecule has 5 heteroatoms. The molecule has 1 saturated heterocycles. The van der Waals surface area contributed by atoms with Crippen molar-refractivity contribution in [2.24, 2.45) is 4.99 Å². The minimum Gasteiger partial charge on any atom is -0.381 e. The Balaban J connectivity index is 1.65. The fraction of sp³-hybridized carbons (Fsp3) is 0.368. The predicted molar refractivity (Wildman–Crippen MR) is 89.7 cm³/mol. The molecule has 0 spiro atoms. The second-order valence-corrected chi connectivity index (χ2v) is 6.39. The van der Waals surface area contributed by atoms with Gasteiger partial charge < -0.3 is 9.30 Å². The van der Waals surface area contributed by atoms with Gasteiger partial charge in [-0.25, -0.2) is 9.38 Å². The van der Waals surface area contributed by atoms with E-state index in [0.29, 0.717) is 24.4 Å². The molecule has 1 aromatic heterocycles. The summed E-state index contributed by atoms with van der Waals surface area (Å²) < 4.78 is 20.9. The third-order valence-corrected chi connectivity index (χ3v) is 4.70. The van der Waals surface area contributed by atoms with Gasteiger partial charge >= 0.3 is 0 Å². The molecule has 4 nitrogen and oxygen atoms in total. The van der Waals surface area contributed by atoms with Crippen LogP contribution in [0.25, 0.3) is 0 Å². The number of carbonyl (C=O) groups excluding carboxylic acids is 1. The quantitative estimate of drug-likeness (QED) is 0.859. The van der Waals surface area contributed by atoms with Crippen LogP contribution in [0.5, 0.6) is 0 Å². The third-order valence-electron chi connectivity index (χ3n) is 4.70. The van der Waals surface area contributed by atoms with Crippen LogP contribution < -0.4 is 0 Å². The molecule has 0 bridgehead atoms. The number of carbonyl (C=O) groups is 1. The predicted octanol–water partition coefficient (Wildman–Crippen LogP) is 3.88. The summed E-state index contributed by atoms with van der Waals surface area (Å²) in [5.74, 6) is 0.586. The lowest BCUT2D eigenvalue weighted by atomic mass is 9.99. The van der Waals surface area contributed by atoms with Crippen LogP contribution in [0.1, 0.15) is 41.2 Å². The zero-order valence-corrected chi connectivity index (χ0v) is 13.4. The topological polar surface area (TPSA) is 43.6 Å². The Hall–Kier alpha value is -2.27. The van der Waals surface area contributed by atoms with Gasteiger partial charge in [0.1, 0.15) is 11.6 Å². The second-order valence-electron chi connectivity index (χ2n) is 6.39. The molecule has 0 amide bonds. The van der Waals surface area contributed by atoms with E-state index in [4.69, 9.17) is 9.73 Å². The summed E-state index contributed by atoms with van der Waals surface area (Å²) >= 11 is 0. The summed E-state index contributed by atoms with van der Waals surface area (Å²) in [5, 5.41) is 0. The van der Waals surface area contributed by atoms with Gasteiger partial charge in [0.2, 0.25) is 0 Å². The molecule has 0 saturated carbocycles. The first kappa shape index (κ1) is 15.3. The molecule has 24 heavy (non-hydrogen) atoms. The number of Topliss-reactive ketones (excluding diaryl/α,β-unsaturated/α-hetero) is 1. The van der Waals surface area contributed by atoms with E-state index in [0.717, 1.165) is 43.1 Å². The van der Waals surface area contributed by atoms with E-state index in [1.165, 1.54) is 12.1 Å². The van der Waals surface area contributed by atoms with Gasteiger partial charge in [0.25, 0.3) is 0 Å². The van der Waals surface area contributed by atoms with Gasteiger partial charge in [-0.2, -0.15) is 0 Å². The number of ether oxygens (including phenoxy) is 1. The number of hydrogen-bond acceptors (Lipinski definition) is 3. The van der Waals surface area contributed by atoms with Crippen molar-refractivity contribution in [3.63, 3.8) is 0 Å². The molecule has 2 aromatic rings. The summed E-state index contributed by atoms with van der Waals surface area (Å²) in [6, 6.07) is 8.67. The number of aromatic nitrogens is 1. The third kappa shape index (κ3) is 2.91. The lowest BCUT2D eigenvalue weighted by molar-refractivity contribution is 0.0701. The minimum absolute atomic E-state index is 0.0946. The first-order valence-corrected chi connectivity index (χ1v) is 8.33. The maximum absolute atomic E-state index is 13.4. The normalized spacial score (nSPS) is 18.4. The van der Waals surface area contributed by atoms with Gasteiger partial charge in [0.15, 0.2) is 5.78 Å². The highest BCUT2D eigenvalue weighted by molar-refractivity contribution is 6.15. The van der Waals surface area contributed by atoms with Crippen LogP contribution in [0.2, 0.25) is 0 Å². The fourth-order valence-electron chi connectivity index (χ4n) is 3.49. The molecule has 2 aliphatic rings. The monoisotopic (exact) mass is 326 g/mol. The molecular formula is C19H19FN2O2. The van der Waals surface area contributed by atoms with Crippen LogP contribution in [0.4, 0.5) is 10.2 Å². The molecule has 4 rings (SSSR count). The Kier molecular flexibility index (Phi) is 4.02. The zero-order chi connectivity index (χ0) is 16.5. The van der Waals surface area contributed by atoms with Crippen LogP contribution in [-0.2, 0) is 11.2 Å². The molecule has 0 N–H and O–H groups in total. The number of halogens is 1. The summed E-state index contributed by atoms with van der Waals surface area (Å²) in [7, 11) is 0. The van der Waals surface area contributed by atoms with Crippen molar-refractivity contribution in [1.82, 2.24) is 4.57 Å². The van der Waals surface area contributed by atoms with Crippen molar-refractivity contribution in [3.05, 3.63) is 53.5 Å². The summed E-state index contributed by atoms with van der Waals surface area (Å²) in [4.78, 5) is 17.2. The van der Waals surface area contributed by atoms with Crippen molar-refractivity contribution in [3.8, 4) is 0 Å². The van der Waals surface area contributed by atoms with Gasteiger partial charge in [-0.3, -0.25) is 4.79 Å². The van der Waals surface area contributed by atoms with Crippen LogP contribution in [0.15, 0.2) is 41.5 Å². The first-order chi connectivity index (χ1) is 11.7. The summed E-state index contributed by atoms with van der Waals surface area (Å²) in [6.07, 6.45) is 4.64. The van der Waals surface area contributed by atoms with Crippen LogP contribution in [0, 0.1) is 5.82 Å². The minimum atomic E-state index is -0.262. The van der Waals surface area contributed by atoms with Gasteiger partial charge in [0, 0.05) is 37.6 Å². The number of nitrogens with zero attached hydrogens (tertiary/aromatic N) is 2. The van der Waals surface area contributed by atoms with Crippen molar-refractivity contribution in [2.75, 3.05) is 13.2 Å². The molecule has 0 atom stereocenters. The number of ketones is 1. The van der Waals surface area contributed by atoms with Crippen LogP contribution in [0.3, 0.4) is 0 Å². The molecule has 1 aromatic carbocycles. The molecular weight excluding hydrogens is 307 g/mol. The first-order valence-electron chi connectivity index (χ1n) is 8.33. The largest absolute Gasteiger partial charge is 0.381 e. The fourth-order valence-corrected chi connectivity index (χ4v) is 3.49. The van der Waals surface area contributed by atoms with Crippen molar-refractivity contribution < 1.29 is 13.9 Å². The van der Waals surface area contributed by atoms with Crippen molar-refractivity contribution >= 4 is 17.3 Å². The summed E-state index contributed by atoms with van der Waals surface area (Å²) in [6.45, 7) is 1.48. The Bertz CT molecular complexity index is 803. The highest BCUT2D eigenvalue weighted by Crippen LogP contribution is 2.34. The van der Waals surface area contributed by atoms with Crippen LogP contribution >= 0.6 is 0 Å². The van der Waals surface area contributed by atoms with Gasteiger partial charge in [0.05, 0.1) is 12.0 Å². The summed E-state index contributed by atoms with van der Waals surface area (Å²) in [5.41, 5.74) is 2.34. The maximum atomic E-state index is 13.4. The van der Waals surface area contributed by atoms with Crippen molar-refractivity contribution in [2.45, 2.75) is 31.7 Å². The molecule has 3 heterocycles. The number of rotatable bonds is 3. The van der Waals surface area contributed by atoms with Crippen molar-refractivity contribution in [1.29, 1.82) is 0 Å². The lowest BCUT2D eigenvalue weighted by Gasteiger charge is -2.25. The Morgan fingerprint density at radius 2 is 2.08 bits per heavy atom. The average Bonchev–Trinajstić information content (AvgIpc) is 3.00. The van der Waals surface area contributed by atoms with Gasteiger partial charge in [-0.1, -0.05) is 12.1 Å². The standard InChI is InChI=1S/C19H19FN2O2/c20-14-3-1-2-13(10-14)11-15-12-18(23)17-4-7-22(19(17)21-15)16-5-8-24-9-6-16/h1-4,7,10,16H,5-6,8-9,11-12H2. The lowest BCUT2D eigenvalue weighted by Crippen LogP contribution is -2.21. The van der Waals surface area contributed by atoms with Crippen LogP contribution in [-0.4, -0.2) is 29.3 Å². The highest BCUT2D eigenvalue weighted by Gasteiger charge is 2.26. The Morgan fingerprint density at radius 1 is 1.25 bits per heavy atom. The second kappa shape index (κ2) is 6.32. The molecule has 0 unspecified atom stereocenters. The highest BCUT2D eigenvalue weighted by atomic mass is 19.1.